The van der Waals surface area contributed by atoms with Gasteiger partial charge >= 0.3 is 0 Å². The second-order valence-corrected chi connectivity index (χ2v) is 12.1. The number of tetrazole rings is 1. The highest BCUT2D eigenvalue weighted by Crippen LogP contribution is 2.16. The molecule has 45 heavy (non-hydrogen) atoms. The first-order chi connectivity index (χ1) is 21.7. The lowest BCUT2D eigenvalue weighted by atomic mass is 10.0. The van der Waals surface area contributed by atoms with Crippen molar-refractivity contribution >= 4 is 17.7 Å². The molecule has 0 spiro atoms. The molecule has 1 heterocycles. The summed E-state index contributed by atoms with van der Waals surface area (Å²) in [5.41, 5.74) is 7.75. The van der Waals surface area contributed by atoms with Gasteiger partial charge in [-0.2, -0.15) is 5.21 Å². The highest BCUT2D eigenvalue weighted by atomic mass is 16.3. The van der Waals surface area contributed by atoms with Gasteiger partial charge in [-0.25, -0.2) is 0 Å². The average Bonchev–Trinajstić information content (AvgIpc) is 3.56. The van der Waals surface area contributed by atoms with Crippen LogP contribution in [0.25, 0.3) is 0 Å². The molecule has 0 saturated carbocycles. The molecule has 7 N–H and O–H groups in total. The number of H-pyrrole nitrogens is 1. The molecule has 0 unspecified atom stereocenters. The molecule has 2 rings (SSSR count). The van der Waals surface area contributed by atoms with Crippen LogP contribution in [0, 0.1) is 6.92 Å². The second kappa shape index (κ2) is 22.1. The number of hydrogen-bond donors (Lipinski definition) is 6. The van der Waals surface area contributed by atoms with Gasteiger partial charge < -0.3 is 31.7 Å². The molecule has 0 radical (unpaired) electrons. The van der Waals surface area contributed by atoms with Crippen LogP contribution in [0.1, 0.15) is 100 Å². The number of aliphatic hydroxyl groups is 1. The Morgan fingerprint density at radius 3 is 2.11 bits per heavy atom. The van der Waals surface area contributed by atoms with Gasteiger partial charge in [0, 0.05) is 12.8 Å². The predicted molar refractivity (Wildman–Crippen MR) is 174 cm³/mol. The lowest BCUT2D eigenvalue weighted by Crippen LogP contribution is -2.55. The number of aryl methyl sites for hydroxylation is 1. The SMILES string of the molecule is Cc1ccc(C[C@H](NC(=O)[C@H](CCCCN)NC(=O)[C@H](CO)NC(=O)CCCCCCCCCCN(C)C)c2nn[nH]n2)cc1. The zero-order valence-corrected chi connectivity index (χ0v) is 27.4. The Morgan fingerprint density at radius 1 is 0.867 bits per heavy atom. The Labute approximate surface area is 267 Å². The number of aliphatic hydroxyl groups excluding tert-OH is 1. The number of amides is 3. The maximum atomic E-state index is 13.5. The summed E-state index contributed by atoms with van der Waals surface area (Å²) < 4.78 is 0. The number of nitrogens with two attached hydrogens (primary N) is 1. The summed E-state index contributed by atoms with van der Waals surface area (Å²) in [7, 11) is 4.19. The van der Waals surface area contributed by atoms with Gasteiger partial charge in [-0.05, 0) is 71.8 Å². The van der Waals surface area contributed by atoms with Crippen molar-refractivity contribution in [3.05, 3.63) is 41.2 Å². The average molecular weight is 630 g/mol. The number of aromatic nitrogens is 4. The molecule has 0 aliphatic carbocycles. The first kappa shape index (κ1) is 37.8. The first-order valence-electron chi connectivity index (χ1n) is 16.4. The Kier molecular flexibility index (Phi) is 18.6. The number of rotatable bonds is 24. The summed E-state index contributed by atoms with van der Waals surface area (Å²) in [5, 5.41) is 32.4. The van der Waals surface area contributed by atoms with Crippen molar-refractivity contribution in [3.63, 3.8) is 0 Å². The maximum absolute atomic E-state index is 13.5. The van der Waals surface area contributed by atoms with Gasteiger partial charge in [0.25, 0.3) is 0 Å². The van der Waals surface area contributed by atoms with Crippen LogP contribution in [0.4, 0.5) is 0 Å². The van der Waals surface area contributed by atoms with E-state index in [0.717, 1.165) is 43.4 Å². The van der Waals surface area contributed by atoms with Crippen molar-refractivity contribution < 1.29 is 19.5 Å². The van der Waals surface area contributed by atoms with Crippen LogP contribution in [-0.4, -0.2) is 94.2 Å². The van der Waals surface area contributed by atoms with Crippen molar-refractivity contribution in [2.24, 2.45) is 5.73 Å². The van der Waals surface area contributed by atoms with E-state index >= 15 is 0 Å². The van der Waals surface area contributed by atoms with E-state index in [9.17, 15) is 19.5 Å². The van der Waals surface area contributed by atoms with Gasteiger partial charge in [0.2, 0.25) is 17.7 Å². The number of nitrogens with one attached hydrogen (secondary N) is 4. The minimum Gasteiger partial charge on any atom is -0.394 e. The van der Waals surface area contributed by atoms with Crippen LogP contribution in [-0.2, 0) is 20.8 Å². The molecular weight excluding hydrogens is 574 g/mol. The summed E-state index contributed by atoms with van der Waals surface area (Å²) in [4.78, 5) is 41.4. The molecule has 0 saturated heterocycles. The van der Waals surface area contributed by atoms with E-state index < -0.39 is 36.5 Å². The lowest BCUT2D eigenvalue weighted by Gasteiger charge is -2.24. The third-order valence-corrected chi connectivity index (χ3v) is 7.72. The summed E-state index contributed by atoms with van der Waals surface area (Å²) in [6.07, 6.45) is 11.1. The van der Waals surface area contributed by atoms with Crippen molar-refractivity contribution in [2.45, 2.75) is 109 Å². The van der Waals surface area contributed by atoms with E-state index in [1.54, 1.807) is 0 Å². The highest BCUT2D eigenvalue weighted by molar-refractivity contribution is 5.92. The number of carbonyl (C=O) groups is 3. The minimum absolute atomic E-state index is 0.276. The third-order valence-electron chi connectivity index (χ3n) is 7.72. The number of unbranched alkanes of at least 4 members (excludes halogenated alkanes) is 8. The first-order valence-corrected chi connectivity index (χ1v) is 16.4. The van der Waals surface area contributed by atoms with E-state index in [-0.39, 0.29) is 12.3 Å². The maximum Gasteiger partial charge on any atom is 0.245 e. The van der Waals surface area contributed by atoms with Gasteiger partial charge in [0.15, 0.2) is 5.82 Å². The zero-order chi connectivity index (χ0) is 32.9. The van der Waals surface area contributed by atoms with Crippen LogP contribution < -0.4 is 21.7 Å². The second-order valence-electron chi connectivity index (χ2n) is 12.1. The topological polar surface area (TPSA) is 191 Å². The molecule has 2 aromatic rings. The van der Waals surface area contributed by atoms with Crippen LogP contribution in [0.3, 0.4) is 0 Å². The largest absolute Gasteiger partial charge is 0.394 e. The smallest absolute Gasteiger partial charge is 0.245 e. The number of benzene rings is 1. The van der Waals surface area contributed by atoms with Gasteiger partial charge in [0.1, 0.15) is 12.1 Å². The van der Waals surface area contributed by atoms with Crippen molar-refractivity contribution in [3.8, 4) is 0 Å². The molecule has 1 aromatic carbocycles. The van der Waals surface area contributed by atoms with E-state index in [0.29, 0.717) is 38.1 Å². The quantitative estimate of drug-likeness (QED) is 0.0944. The Bertz CT molecular complexity index is 1100. The van der Waals surface area contributed by atoms with Crippen molar-refractivity contribution in [1.29, 1.82) is 0 Å². The van der Waals surface area contributed by atoms with Gasteiger partial charge in [0.05, 0.1) is 12.6 Å². The molecule has 0 aliphatic heterocycles. The predicted octanol–water partition coefficient (Wildman–Crippen LogP) is 2.07. The third kappa shape index (κ3) is 15.9. The summed E-state index contributed by atoms with van der Waals surface area (Å²) in [6, 6.07) is 5.24. The standard InChI is InChI=1S/C32H55N9O4/c1-24-16-18-25(19-17-24)22-27(30-37-39-40-38-30)36-31(44)26(14-11-12-20-33)35-32(45)28(23-42)34-29(43)15-10-8-6-4-5-7-9-13-21-41(2)3/h16-19,26-28,42H,4-15,20-23,33H2,1-3H3,(H,34,43)(H,35,45)(H,36,44)(H,37,38,39,40)/t26-,27-,28-/m0/s1. The molecule has 0 fully saturated rings. The number of carbonyl (C=O) groups excluding carboxylic acids is 3. The summed E-state index contributed by atoms with van der Waals surface area (Å²) >= 11 is 0. The fourth-order valence-electron chi connectivity index (χ4n) is 5.02. The van der Waals surface area contributed by atoms with Crippen LogP contribution >= 0.6 is 0 Å². The van der Waals surface area contributed by atoms with E-state index in [2.05, 4.69) is 55.6 Å². The fourth-order valence-corrected chi connectivity index (χ4v) is 5.02. The number of aromatic amines is 1. The molecule has 13 heteroatoms. The minimum atomic E-state index is -1.16. The normalized spacial score (nSPS) is 13.3. The molecule has 3 amide bonds. The molecular formula is C32H55N9O4. The summed E-state index contributed by atoms with van der Waals surface area (Å²) in [5.74, 6) is -1.03. The van der Waals surface area contributed by atoms with E-state index in [4.69, 9.17) is 5.73 Å². The molecule has 13 nitrogen and oxygen atoms in total. The lowest BCUT2D eigenvalue weighted by molar-refractivity contribution is -0.133. The number of hydrogen-bond acceptors (Lipinski definition) is 9. The molecule has 3 atom stereocenters. The summed E-state index contributed by atoms with van der Waals surface area (Å²) in [6.45, 7) is 2.99. The van der Waals surface area contributed by atoms with Gasteiger partial charge in [-0.1, -0.05) is 73.6 Å². The van der Waals surface area contributed by atoms with Crippen molar-refractivity contribution in [2.75, 3.05) is 33.8 Å². The van der Waals surface area contributed by atoms with Crippen molar-refractivity contribution in [1.82, 2.24) is 41.5 Å². The molecule has 252 valence electrons. The number of nitrogens with zero attached hydrogens (tertiary/aromatic N) is 4. The van der Waals surface area contributed by atoms with Crippen LogP contribution in [0.15, 0.2) is 24.3 Å². The van der Waals surface area contributed by atoms with E-state index in [1.165, 1.54) is 25.7 Å². The van der Waals surface area contributed by atoms with Crippen LogP contribution in [0.2, 0.25) is 0 Å². The monoisotopic (exact) mass is 629 g/mol. The molecule has 0 aliphatic rings. The molecule has 0 bridgehead atoms. The van der Waals surface area contributed by atoms with Gasteiger partial charge in [-0.3, -0.25) is 14.4 Å². The Hall–Kier alpha value is -3.42. The molecule has 1 aromatic heterocycles. The van der Waals surface area contributed by atoms with Gasteiger partial charge in [-0.15, -0.1) is 10.2 Å². The fraction of sp³-hybridized carbons (Fsp3) is 0.688. The van der Waals surface area contributed by atoms with Crippen LogP contribution in [0.5, 0.6) is 0 Å². The zero-order valence-electron chi connectivity index (χ0n) is 27.4. The Morgan fingerprint density at radius 2 is 1.51 bits per heavy atom. The Balaban J connectivity index is 1.87. The van der Waals surface area contributed by atoms with E-state index in [1.807, 2.05) is 31.2 Å². The highest BCUT2D eigenvalue weighted by Gasteiger charge is 2.29.